The van der Waals surface area contributed by atoms with Gasteiger partial charge in [-0.25, -0.2) is 4.79 Å². The number of carbonyl (C=O) groups excluding carboxylic acids is 2. The number of carbonyl (C=O) groups is 2. The molecule has 5 heteroatoms. The molecule has 5 nitrogen and oxygen atoms in total. The zero-order valence-electron chi connectivity index (χ0n) is 10.1. The highest BCUT2D eigenvalue weighted by atomic mass is 16.2. The minimum Gasteiger partial charge on any atom is -0.356 e. The van der Waals surface area contributed by atoms with E-state index in [9.17, 15) is 9.59 Å². The number of amides is 3. The Hall–Kier alpha value is -1.26. The molecule has 0 aliphatic carbocycles. The normalized spacial score (nSPS) is 9.81. The number of nitrogens with one attached hydrogen (secondary N) is 2. The summed E-state index contributed by atoms with van der Waals surface area (Å²) in [4.78, 5) is 21.6. The van der Waals surface area contributed by atoms with Crippen LogP contribution in [0.15, 0.2) is 0 Å². The van der Waals surface area contributed by atoms with Crippen molar-refractivity contribution in [3.63, 3.8) is 0 Å². The van der Waals surface area contributed by atoms with Gasteiger partial charge in [-0.15, -0.1) is 0 Å². The van der Waals surface area contributed by atoms with Crippen LogP contribution in [0.25, 0.3) is 0 Å². The van der Waals surface area contributed by atoms with Crippen LogP contribution in [0.1, 0.15) is 45.4 Å². The van der Waals surface area contributed by atoms with Crippen molar-refractivity contribution in [1.29, 1.82) is 0 Å². The third-order valence-electron chi connectivity index (χ3n) is 2.23. The molecule has 3 amide bonds. The van der Waals surface area contributed by atoms with Gasteiger partial charge in [0, 0.05) is 19.5 Å². The van der Waals surface area contributed by atoms with Crippen LogP contribution < -0.4 is 16.4 Å². The summed E-state index contributed by atoms with van der Waals surface area (Å²) in [6.45, 7) is 3.46. The van der Waals surface area contributed by atoms with Crippen molar-refractivity contribution >= 4 is 11.9 Å². The van der Waals surface area contributed by atoms with Crippen molar-refractivity contribution in [2.24, 2.45) is 5.73 Å². The molecule has 0 saturated heterocycles. The maximum absolute atomic E-state index is 11.3. The van der Waals surface area contributed by atoms with E-state index in [1.807, 2.05) is 0 Å². The Kier molecular flexibility index (Phi) is 9.46. The lowest BCUT2D eigenvalue weighted by Crippen LogP contribution is -2.30. The lowest BCUT2D eigenvalue weighted by molar-refractivity contribution is -0.121. The van der Waals surface area contributed by atoms with E-state index in [0.717, 1.165) is 38.6 Å². The van der Waals surface area contributed by atoms with Crippen LogP contribution in [0.2, 0.25) is 0 Å². The lowest BCUT2D eigenvalue weighted by atomic mass is 10.2. The second-order valence-corrected chi connectivity index (χ2v) is 3.81. The number of hydrogen-bond donors (Lipinski definition) is 3. The average Bonchev–Trinajstić information content (AvgIpc) is 2.23. The first-order chi connectivity index (χ1) is 7.66. The Bertz CT molecular complexity index is 207. The summed E-state index contributed by atoms with van der Waals surface area (Å²) < 4.78 is 0. The van der Waals surface area contributed by atoms with Crippen molar-refractivity contribution in [1.82, 2.24) is 10.6 Å². The highest BCUT2D eigenvalue weighted by Gasteiger charge is 1.99. The van der Waals surface area contributed by atoms with Crippen LogP contribution in [0, 0.1) is 0 Å². The van der Waals surface area contributed by atoms with E-state index in [2.05, 4.69) is 17.6 Å². The molecule has 0 fully saturated rings. The van der Waals surface area contributed by atoms with Gasteiger partial charge in [0.05, 0.1) is 0 Å². The maximum Gasteiger partial charge on any atom is 0.312 e. The van der Waals surface area contributed by atoms with Crippen molar-refractivity contribution < 1.29 is 9.59 Å². The Morgan fingerprint density at radius 1 is 1.00 bits per heavy atom. The van der Waals surface area contributed by atoms with Crippen molar-refractivity contribution in [3.05, 3.63) is 0 Å². The maximum atomic E-state index is 11.3. The second kappa shape index (κ2) is 10.3. The van der Waals surface area contributed by atoms with Crippen molar-refractivity contribution in [3.8, 4) is 0 Å². The predicted molar refractivity (Wildman–Crippen MR) is 64.0 cm³/mol. The van der Waals surface area contributed by atoms with Crippen LogP contribution in [0.3, 0.4) is 0 Å². The predicted octanol–water partition coefficient (Wildman–Crippen LogP) is 1.13. The SMILES string of the molecule is CCCCNC(=O)CCCCCNC(N)=O. The largest absolute Gasteiger partial charge is 0.356 e. The molecule has 16 heavy (non-hydrogen) atoms. The monoisotopic (exact) mass is 229 g/mol. The highest BCUT2D eigenvalue weighted by Crippen LogP contribution is 1.98. The molecule has 0 unspecified atom stereocenters. The van der Waals surface area contributed by atoms with E-state index in [1.165, 1.54) is 0 Å². The van der Waals surface area contributed by atoms with Gasteiger partial charge in [0.15, 0.2) is 0 Å². The third-order valence-corrected chi connectivity index (χ3v) is 2.23. The topological polar surface area (TPSA) is 84.2 Å². The van der Waals surface area contributed by atoms with E-state index < -0.39 is 6.03 Å². The number of primary amides is 1. The fraction of sp³-hybridized carbons (Fsp3) is 0.818. The number of urea groups is 1. The molecule has 94 valence electrons. The van der Waals surface area contributed by atoms with Crippen LogP contribution in [0.5, 0.6) is 0 Å². The van der Waals surface area contributed by atoms with Gasteiger partial charge in [0.25, 0.3) is 0 Å². The highest BCUT2D eigenvalue weighted by molar-refractivity contribution is 5.75. The summed E-state index contributed by atoms with van der Waals surface area (Å²) in [7, 11) is 0. The molecular weight excluding hydrogens is 206 g/mol. The summed E-state index contributed by atoms with van der Waals surface area (Å²) in [6, 6.07) is -0.489. The molecule has 0 radical (unpaired) electrons. The Labute approximate surface area is 97.2 Å². The molecule has 0 aliphatic heterocycles. The summed E-state index contributed by atoms with van der Waals surface area (Å²) in [6.07, 6.45) is 5.36. The number of rotatable bonds is 9. The number of unbranched alkanes of at least 4 members (excludes halogenated alkanes) is 3. The van der Waals surface area contributed by atoms with Crippen molar-refractivity contribution in [2.75, 3.05) is 13.1 Å². The minimum absolute atomic E-state index is 0.122. The van der Waals surface area contributed by atoms with Crippen LogP contribution in [-0.4, -0.2) is 25.0 Å². The van der Waals surface area contributed by atoms with Gasteiger partial charge in [0.2, 0.25) is 5.91 Å². The van der Waals surface area contributed by atoms with E-state index in [4.69, 9.17) is 5.73 Å². The molecule has 0 spiro atoms. The summed E-state index contributed by atoms with van der Waals surface area (Å²) in [5.74, 6) is 0.122. The van der Waals surface area contributed by atoms with E-state index in [-0.39, 0.29) is 5.91 Å². The van der Waals surface area contributed by atoms with Crippen LogP contribution in [0.4, 0.5) is 4.79 Å². The molecule has 0 aliphatic rings. The fourth-order valence-electron chi connectivity index (χ4n) is 1.29. The summed E-state index contributed by atoms with van der Waals surface area (Å²) in [5.41, 5.74) is 4.91. The van der Waals surface area contributed by atoms with Gasteiger partial charge in [0.1, 0.15) is 0 Å². The first-order valence-corrected chi connectivity index (χ1v) is 5.96. The standard InChI is InChI=1S/C11H23N3O2/c1-2-3-8-13-10(15)7-5-4-6-9-14-11(12)16/h2-9H2,1H3,(H,13,15)(H3,12,14,16). The molecule has 0 atom stereocenters. The Balaban J connectivity index is 3.18. The van der Waals surface area contributed by atoms with Gasteiger partial charge in [-0.2, -0.15) is 0 Å². The second-order valence-electron chi connectivity index (χ2n) is 3.81. The van der Waals surface area contributed by atoms with Gasteiger partial charge < -0.3 is 16.4 Å². The van der Waals surface area contributed by atoms with E-state index in [1.54, 1.807) is 0 Å². The van der Waals surface area contributed by atoms with E-state index in [0.29, 0.717) is 13.0 Å². The Morgan fingerprint density at radius 2 is 1.69 bits per heavy atom. The molecule has 0 aromatic heterocycles. The van der Waals surface area contributed by atoms with Gasteiger partial charge >= 0.3 is 6.03 Å². The molecule has 0 aromatic rings. The van der Waals surface area contributed by atoms with Gasteiger partial charge in [-0.1, -0.05) is 19.8 Å². The zero-order valence-corrected chi connectivity index (χ0v) is 10.1. The average molecular weight is 229 g/mol. The van der Waals surface area contributed by atoms with Gasteiger partial charge in [-0.3, -0.25) is 4.79 Å². The number of nitrogens with two attached hydrogens (primary N) is 1. The lowest BCUT2D eigenvalue weighted by Gasteiger charge is -2.04. The minimum atomic E-state index is -0.489. The molecule has 0 bridgehead atoms. The molecule has 0 heterocycles. The first-order valence-electron chi connectivity index (χ1n) is 5.96. The smallest absolute Gasteiger partial charge is 0.312 e. The molecule has 0 saturated carbocycles. The molecule has 4 N–H and O–H groups in total. The van der Waals surface area contributed by atoms with Crippen molar-refractivity contribution in [2.45, 2.75) is 45.4 Å². The fourth-order valence-corrected chi connectivity index (χ4v) is 1.29. The van der Waals surface area contributed by atoms with E-state index >= 15 is 0 Å². The zero-order chi connectivity index (χ0) is 12.2. The number of hydrogen-bond acceptors (Lipinski definition) is 2. The van der Waals surface area contributed by atoms with Gasteiger partial charge in [-0.05, 0) is 19.3 Å². The molecule has 0 aromatic carbocycles. The van der Waals surface area contributed by atoms with Crippen LogP contribution in [-0.2, 0) is 4.79 Å². The third kappa shape index (κ3) is 10.8. The molecular formula is C11H23N3O2. The quantitative estimate of drug-likeness (QED) is 0.518. The molecule has 0 rings (SSSR count). The van der Waals surface area contributed by atoms with Crippen LogP contribution >= 0.6 is 0 Å². The Morgan fingerprint density at radius 3 is 2.31 bits per heavy atom. The first kappa shape index (κ1) is 14.7. The summed E-state index contributed by atoms with van der Waals surface area (Å²) in [5, 5.41) is 5.38. The summed E-state index contributed by atoms with van der Waals surface area (Å²) >= 11 is 0.